The zero-order valence-corrected chi connectivity index (χ0v) is 16.9. The maximum Gasteiger partial charge on any atom is 0.295 e. The molecular formula is C23H25FN2O3. The predicted molar refractivity (Wildman–Crippen MR) is 110 cm³/mol. The van der Waals surface area contributed by atoms with Crippen LogP contribution in [-0.2, 0) is 16.0 Å². The molecular weight excluding hydrogens is 371 g/mol. The number of hydrogen-bond acceptors (Lipinski definition) is 4. The van der Waals surface area contributed by atoms with Crippen LogP contribution >= 0.6 is 0 Å². The first-order valence-corrected chi connectivity index (χ1v) is 9.61. The Morgan fingerprint density at radius 3 is 2.24 bits per heavy atom. The van der Waals surface area contributed by atoms with Crippen molar-refractivity contribution in [3.63, 3.8) is 0 Å². The zero-order valence-electron chi connectivity index (χ0n) is 16.9. The van der Waals surface area contributed by atoms with Gasteiger partial charge >= 0.3 is 0 Å². The molecule has 29 heavy (non-hydrogen) atoms. The van der Waals surface area contributed by atoms with E-state index in [2.05, 4.69) is 0 Å². The van der Waals surface area contributed by atoms with Crippen molar-refractivity contribution in [2.45, 2.75) is 19.4 Å². The number of likely N-dealkylation sites (tertiary alicyclic amines) is 1. The molecule has 0 aromatic heterocycles. The number of halogens is 1. The predicted octanol–water partition coefficient (Wildman–Crippen LogP) is 3.37. The highest BCUT2D eigenvalue weighted by atomic mass is 19.1. The minimum Gasteiger partial charge on any atom is -0.507 e. The van der Waals surface area contributed by atoms with Gasteiger partial charge < -0.3 is 14.9 Å². The van der Waals surface area contributed by atoms with Crippen LogP contribution < -0.4 is 0 Å². The lowest BCUT2D eigenvalue weighted by atomic mass is 9.95. The molecule has 1 aliphatic heterocycles. The normalized spacial score (nSPS) is 18.7. The van der Waals surface area contributed by atoms with Gasteiger partial charge in [0.15, 0.2) is 0 Å². The van der Waals surface area contributed by atoms with Crippen LogP contribution in [0.1, 0.15) is 29.7 Å². The number of carbonyl (C=O) groups is 2. The Bertz CT molecular complexity index is 934. The van der Waals surface area contributed by atoms with Crippen molar-refractivity contribution < 1.29 is 19.1 Å². The smallest absolute Gasteiger partial charge is 0.295 e. The fourth-order valence-corrected chi connectivity index (χ4v) is 3.46. The number of hydrogen-bond donors (Lipinski definition) is 1. The second-order valence-electron chi connectivity index (χ2n) is 7.40. The van der Waals surface area contributed by atoms with E-state index in [9.17, 15) is 19.1 Å². The van der Waals surface area contributed by atoms with E-state index >= 15 is 0 Å². The molecule has 3 rings (SSSR count). The molecule has 1 heterocycles. The van der Waals surface area contributed by atoms with Gasteiger partial charge in [-0.25, -0.2) is 4.39 Å². The van der Waals surface area contributed by atoms with Gasteiger partial charge in [0.25, 0.3) is 11.7 Å². The van der Waals surface area contributed by atoms with Crippen LogP contribution in [0.15, 0.2) is 54.1 Å². The summed E-state index contributed by atoms with van der Waals surface area (Å²) in [5.74, 6) is -2.01. The van der Waals surface area contributed by atoms with E-state index in [1.807, 2.05) is 38.1 Å². The quantitative estimate of drug-likeness (QED) is 0.462. The molecule has 1 aliphatic rings. The summed E-state index contributed by atoms with van der Waals surface area (Å²) in [5, 5.41) is 10.9. The molecule has 6 heteroatoms. The largest absolute Gasteiger partial charge is 0.507 e. The van der Waals surface area contributed by atoms with Crippen LogP contribution in [0.5, 0.6) is 0 Å². The van der Waals surface area contributed by atoms with Gasteiger partial charge in [-0.15, -0.1) is 0 Å². The number of rotatable bonds is 6. The second kappa shape index (κ2) is 8.57. The van der Waals surface area contributed by atoms with E-state index in [4.69, 9.17) is 0 Å². The molecule has 2 aromatic rings. The molecule has 1 amide bonds. The Kier molecular flexibility index (Phi) is 6.13. The minimum absolute atomic E-state index is 0.0320. The molecule has 0 bridgehead atoms. The summed E-state index contributed by atoms with van der Waals surface area (Å²) in [4.78, 5) is 29.0. The third-order valence-corrected chi connectivity index (χ3v) is 5.15. The first-order chi connectivity index (χ1) is 13.8. The van der Waals surface area contributed by atoms with Crippen molar-refractivity contribution in [2.24, 2.45) is 0 Å². The summed E-state index contributed by atoms with van der Waals surface area (Å²) < 4.78 is 13.5. The highest BCUT2D eigenvalue weighted by molar-refractivity contribution is 6.46. The molecule has 2 aromatic carbocycles. The number of aliphatic hydroxyl groups excluding tert-OH is 1. The maximum absolute atomic E-state index is 13.5. The minimum atomic E-state index is -0.763. The van der Waals surface area contributed by atoms with Crippen LogP contribution in [0.3, 0.4) is 0 Å². The number of nitrogens with zero attached hydrogens (tertiary/aromatic N) is 2. The molecule has 5 nitrogen and oxygen atoms in total. The third kappa shape index (κ3) is 4.22. The summed E-state index contributed by atoms with van der Waals surface area (Å²) >= 11 is 0. The Morgan fingerprint density at radius 1 is 1.07 bits per heavy atom. The Balaban J connectivity index is 2.11. The lowest BCUT2D eigenvalue weighted by molar-refractivity contribution is -0.140. The van der Waals surface area contributed by atoms with Crippen molar-refractivity contribution in [1.82, 2.24) is 9.80 Å². The van der Waals surface area contributed by atoms with Gasteiger partial charge in [0, 0.05) is 18.7 Å². The average molecular weight is 396 g/mol. The van der Waals surface area contributed by atoms with Gasteiger partial charge in [-0.1, -0.05) is 43.3 Å². The number of aryl methyl sites for hydroxylation is 1. The monoisotopic (exact) mass is 396 g/mol. The first kappa shape index (κ1) is 20.7. The molecule has 0 aliphatic carbocycles. The molecule has 0 spiro atoms. The van der Waals surface area contributed by atoms with E-state index < -0.39 is 23.5 Å². The highest BCUT2D eigenvalue weighted by Crippen LogP contribution is 2.39. The van der Waals surface area contributed by atoms with Crippen molar-refractivity contribution in [3.8, 4) is 0 Å². The summed E-state index contributed by atoms with van der Waals surface area (Å²) in [5.41, 5.74) is 2.18. The zero-order chi connectivity index (χ0) is 21.1. The number of likely N-dealkylation sites (N-methyl/N-ethyl adjacent to an activating group) is 1. The maximum atomic E-state index is 13.5. The van der Waals surface area contributed by atoms with E-state index in [1.165, 1.54) is 17.0 Å². The molecule has 1 N–H and O–H groups in total. The van der Waals surface area contributed by atoms with E-state index in [0.29, 0.717) is 24.2 Å². The van der Waals surface area contributed by atoms with Gasteiger partial charge in [-0.2, -0.15) is 0 Å². The number of benzene rings is 2. The van der Waals surface area contributed by atoms with E-state index in [1.54, 1.807) is 24.3 Å². The van der Waals surface area contributed by atoms with Gasteiger partial charge in [-0.3, -0.25) is 9.59 Å². The molecule has 152 valence electrons. The Morgan fingerprint density at radius 2 is 1.69 bits per heavy atom. The summed E-state index contributed by atoms with van der Waals surface area (Å²) in [7, 11) is 3.75. The number of Topliss-reactive ketones (excluding diaryl/α,β-unsaturated/α-hetero) is 1. The van der Waals surface area contributed by atoms with Crippen LogP contribution in [0, 0.1) is 5.82 Å². The lowest BCUT2D eigenvalue weighted by Crippen LogP contribution is -2.35. The van der Waals surface area contributed by atoms with Crippen molar-refractivity contribution >= 4 is 17.4 Å². The van der Waals surface area contributed by atoms with Crippen molar-refractivity contribution in [3.05, 3.63) is 76.6 Å². The van der Waals surface area contributed by atoms with Gasteiger partial charge in [-0.05, 0) is 43.8 Å². The molecule has 1 unspecified atom stereocenters. The summed E-state index contributed by atoms with van der Waals surface area (Å²) in [6.45, 7) is 2.89. The van der Waals surface area contributed by atoms with Crippen LogP contribution in [0.2, 0.25) is 0 Å². The van der Waals surface area contributed by atoms with Gasteiger partial charge in [0.2, 0.25) is 0 Å². The average Bonchev–Trinajstić information content (AvgIpc) is 2.97. The SMILES string of the molecule is CCc1ccc(/C(O)=C2/C(=O)C(=O)N(CCN(C)C)C2c2ccc(F)cc2)cc1. The van der Waals surface area contributed by atoms with Crippen LogP contribution in [0.25, 0.3) is 5.76 Å². The molecule has 0 radical (unpaired) electrons. The van der Waals surface area contributed by atoms with Crippen LogP contribution in [-0.4, -0.2) is 53.8 Å². The van der Waals surface area contributed by atoms with Crippen molar-refractivity contribution in [1.29, 1.82) is 0 Å². The Labute approximate surface area is 170 Å². The van der Waals surface area contributed by atoms with E-state index in [0.717, 1.165) is 12.0 Å². The summed E-state index contributed by atoms with van der Waals surface area (Å²) in [6.07, 6.45) is 0.853. The number of carbonyl (C=O) groups excluding carboxylic acids is 2. The fraction of sp³-hybridized carbons (Fsp3) is 0.304. The third-order valence-electron chi connectivity index (χ3n) is 5.15. The highest BCUT2D eigenvalue weighted by Gasteiger charge is 2.45. The van der Waals surface area contributed by atoms with Gasteiger partial charge in [0.05, 0.1) is 11.6 Å². The van der Waals surface area contributed by atoms with Gasteiger partial charge in [0.1, 0.15) is 11.6 Å². The topological polar surface area (TPSA) is 60.9 Å². The molecule has 0 saturated carbocycles. The molecule has 1 saturated heterocycles. The summed E-state index contributed by atoms with van der Waals surface area (Å²) in [6, 6.07) is 12.1. The molecule has 1 atom stereocenters. The first-order valence-electron chi connectivity index (χ1n) is 9.61. The number of ketones is 1. The Hall–Kier alpha value is -2.99. The standard InChI is InChI=1S/C23H25FN2O3/c1-4-15-5-7-17(8-6-15)21(27)19-20(16-9-11-18(24)12-10-16)26(14-13-25(2)3)23(29)22(19)28/h5-12,20,27H,4,13-14H2,1-3H3/b21-19-. The number of amides is 1. The number of aliphatic hydroxyl groups is 1. The second-order valence-corrected chi connectivity index (χ2v) is 7.40. The van der Waals surface area contributed by atoms with Crippen molar-refractivity contribution in [2.75, 3.05) is 27.2 Å². The fourth-order valence-electron chi connectivity index (χ4n) is 3.46. The van der Waals surface area contributed by atoms with E-state index in [-0.39, 0.29) is 11.3 Å². The lowest BCUT2D eigenvalue weighted by Gasteiger charge is -2.26. The van der Waals surface area contributed by atoms with Crippen LogP contribution in [0.4, 0.5) is 4.39 Å². The molecule has 1 fully saturated rings.